The molecule has 0 radical (unpaired) electrons. The van der Waals surface area contributed by atoms with Gasteiger partial charge in [0.1, 0.15) is 5.65 Å². The molecule has 2 rings (SSSR count). The Labute approximate surface area is 70.8 Å². The van der Waals surface area contributed by atoms with Crippen molar-refractivity contribution in [3.63, 3.8) is 0 Å². The van der Waals surface area contributed by atoms with Crippen LogP contribution in [0.5, 0.6) is 0 Å². The lowest BCUT2D eigenvalue weighted by atomic mass is 10.3. The number of aryl methyl sites for hydroxylation is 1. The van der Waals surface area contributed by atoms with Crippen molar-refractivity contribution >= 4 is 5.65 Å². The zero-order valence-electron chi connectivity index (χ0n) is 6.99. The van der Waals surface area contributed by atoms with E-state index in [0.29, 0.717) is 6.54 Å². The van der Waals surface area contributed by atoms with Crippen molar-refractivity contribution in [1.29, 1.82) is 0 Å². The molecule has 0 spiro atoms. The lowest BCUT2D eigenvalue weighted by Gasteiger charge is -1.99. The molecule has 2 N–H and O–H groups in total. The molecule has 2 aromatic heterocycles. The first-order chi connectivity index (χ1) is 5.81. The first-order valence-electron chi connectivity index (χ1n) is 3.95. The lowest BCUT2D eigenvalue weighted by molar-refractivity contribution is 0.945. The molecule has 0 aliphatic heterocycles. The number of aromatic nitrogens is 2. The van der Waals surface area contributed by atoms with E-state index in [0.717, 1.165) is 17.0 Å². The van der Waals surface area contributed by atoms with Crippen molar-refractivity contribution in [3.8, 4) is 0 Å². The molecule has 0 aliphatic rings. The van der Waals surface area contributed by atoms with E-state index in [1.54, 1.807) is 0 Å². The van der Waals surface area contributed by atoms with E-state index in [2.05, 4.69) is 4.98 Å². The molecule has 0 aliphatic carbocycles. The minimum absolute atomic E-state index is 0.549. The fourth-order valence-corrected chi connectivity index (χ4v) is 1.36. The van der Waals surface area contributed by atoms with Crippen LogP contribution in [0.25, 0.3) is 5.65 Å². The van der Waals surface area contributed by atoms with Crippen LogP contribution in [0.4, 0.5) is 0 Å². The Balaban J connectivity index is 2.78. The van der Waals surface area contributed by atoms with Crippen LogP contribution < -0.4 is 5.73 Å². The molecule has 0 unspecified atom stereocenters. The molecule has 12 heavy (non-hydrogen) atoms. The monoisotopic (exact) mass is 161 g/mol. The summed E-state index contributed by atoms with van der Waals surface area (Å²) < 4.78 is 2.02. The number of nitrogens with zero attached hydrogens (tertiary/aromatic N) is 2. The van der Waals surface area contributed by atoms with Gasteiger partial charge in [0.15, 0.2) is 0 Å². The third-order valence-electron chi connectivity index (χ3n) is 1.91. The molecule has 0 amide bonds. The van der Waals surface area contributed by atoms with Gasteiger partial charge in [-0.05, 0) is 19.1 Å². The van der Waals surface area contributed by atoms with Gasteiger partial charge in [0.2, 0.25) is 0 Å². The average molecular weight is 161 g/mol. The second-order valence-corrected chi connectivity index (χ2v) is 2.83. The molecule has 0 fully saturated rings. The van der Waals surface area contributed by atoms with Gasteiger partial charge < -0.3 is 10.1 Å². The zero-order valence-corrected chi connectivity index (χ0v) is 6.99. The Hall–Kier alpha value is -1.35. The Kier molecular flexibility index (Phi) is 1.59. The summed E-state index contributed by atoms with van der Waals surface area (Å²) in [6.45, 7) is 2.53. The molecule has 3 nitrogen and oxygen atoms in total. The fourth-order valence-electron chi connectivity index (χ4n) is 1.36. The van der Waals surface area contributed by atoms with Crippen molar-refractivity contribution in [1.82, 2.24) is 9.38 Å². The maximum atomic E-state index is 5.58. The quantitative estimate of drug-likeness (QED) is 0.680. The van der Waals surface area contributed by atoms with Gasteiger partial charge in [0.25, 0.3) is 0 Å². The Morgan fingerprint density at radius 3 is 3.08 bits per heavy atom. The molecule has 0 saturated heterocycles. The van der Waals surface area contributed by atoms with Crippen LogP contribution in [0.2, 0.25) is 0 Å². The second-order valence-electron chi connectivity index (χ2n) is 2.83. The van der Waals surface area contributed by atoms with E-state index in [9.17, 15) is 0 Å². The SMILES string of the molecule is Cc1cn2c(CN)cccc2n1. The smallest absolute Gasteiger partial charge is 0.137 e. The van der Waals surface area contributed by atoms with Gasteiger partial charge in [-0.2, -0.15) is 0 Å². The van der Waals surface area contributed by atoms with E-state index < -0.39 is 0 Å². The van der Waals surface area contributed by atoms with Crippen LogP contribution in [0.1, 0.15) is 11.4 Å². The van der Waals surface area contributed by atoms with E-state index >= 15 is 0 Å². The summed E-state index contributed by atoms with van der Waals surface area (Å²) in [4.78, 5) is 4.33. The summed E-state index contributed by atoms with van der Waals surface area (Å²) in [5, 5.41) is 0. The molecule has 0 atom stereocenters. The van der Waals surface area contributed by atoms with Crippen LogP contribution in [-0.4, -0.2) is 9.38 Å². The minimum Gasteiger partial charge on any atom is -0.325 e. The molecule has 0 saturated carbocycles. The van der Waals surface area contributed by atoms with Crippen molar-refractivity contribution in [2.75, 3.05) is 0 Å². The maximum absolute atomic E-state index is 5.58. The molecule has 0 aromatic carbocycles. The first kappa shape index (κ1) is 7.31. The molecular weight excluding hydrogens is 150 g/mol. The zero-order chi connectivity index (χ0) is 8.55. The van der Waals surface area contributed by atoms with E-state index in [1.807, 2.05) is 35.7 Å². The highest BCUT2D eigenvalue weighted by molar-refractivity contribution is 5.41. The van der Waals surface area contributed by atoms with Crippen molar-refractivity contribution in [3.05, 3.63) is 35.8 Å². The number of nitrogens with two attached hydrogens (primary N) is 1. The van der Waals surface area contributed by atoms with Crippen molar-refractivity contribution < 1.29 is 0 Å². The minimum atomic E-state index is 0.549. The third kappa shape index (κ3) is 0.987. The number of rotatable bonds is 1. The van der Waals surface area contributed by atoms with Gasteiger partial charge in [-0.3, -0.25) is 0 Å². The normalized spacial score (nSPS) is 10.8. The predicted octanol–water partition coefficient (Wildman–Crippen LogP) is 1.10. The molecule has 62 valence electrons. The highest BCUT2D eigenvalue weighted by Crippen LogP contribution is 2.07. The van der Waals surface area contributed by atoms with Crippen LogP contribution in [0, 0.1) is 6.92 Å². The van der Waals surface area contributed by atoms with Gasteiger partial charge in [0.05, 0.1) is 5.69 Å². The highest BCUT2D eigenvalue weighted by Gasteiger charge is 1.99. The molecule has 3 heteroatoms. The molecular formula is C9H11N3. The Bertz CT molecular complexity index is 403. The number of fused-ring (bicyclic) bond motifs is 1. The van der Waals surface area contributed by atoms with Crippen LogP contribution in [0.3, 0.4) is 0 Å². The van der Waals surface area contributed by atoms with Gasteiger partial charge in [-0.25, -0.2) is 4.98 Å². The van der Waals surface area contributed by atoms with Gasteiger partial charge in [-0.1, -0.05) is 6.07 Å². The maximum Gasteiger partial charge on any atom is 0.137 e. The molecule has 2 heterocycles. The third-order valence-corrected chi connectivity index (χ3v) is 1.91. The predicted molar refractivity (Wildman–Crippen MR) is 47.8 cm³/mol. The summed E-state index contributed by atoms with van der Waals surface area (Å²) in [7, 11) is 0. The van der Waals surface area contributed by atoms with Crippen LogP contribution in [0.15, 0.2) is 24.4 Å². The van der Waals surface area contributed by atoms with E-state index in [-0.39, 0.29) is 0 Å². The number of imidazole rings is 1. The van der Waals surface area contributed by atoms with Crippen molar-refractivity contribution in [2.45, 2.75) is 13.5 Å². The largest absolute Gasteiger partial charge is 0.325 e. The van der Waals surface area contributed by atoms with E-state index in [1.165, 1.54) is 0 Å². The Morgan fingerprint density at radius 1 is 1.50 bits per heavy atom. The van der Waals surface area contributed by atoms with Gasteiger partial charge in [0, 0.05) is 18.4 Å². The highest BCUT2D eigenvalue weighted by atomic mass is 15.0. The second kappa shape index (κ2) is 2.60. The summed E-state index contributed by atoms with van der Waals surface area (Å²) in [6, 6.07) is 5.96. The molecule has 2 aromatic rings. The van der Waals surface area contributed by atoms with Gasteiger partial charge >= 0.3 is 0 Å². The number of hydrogen-bond donors (Lipinski definition) is 1. The van der Waals surface area contributed by atoms with Crippen LogP contribution >= 0.6 is 0 Å². The number of pyridine rings is 1. The standard InChI is InChI=1S/C9H11N3/c1-7-6-12-8(5-10)3-2-4-9(12)11-7/h2-4,6H,5,10H2,1H3. The summed E-state index contributed by atoms with van der Waals surface area (Å²) >= 11 is 0. The Morgan fingerprint density at radius 2 is 2.33 bits per heavy atom. The topological polar surface area (TPSA) is 43.3 Å². The first-order valence-corrected chi connectivity index (χ1v) is 3.95. The summed E-state index contributed by atoms with van der Waals surface area (Å²) in [5.74, 6) is 0. The summed E-state index contributed by atoms with van der Waals surface area (Å²) in [6.07, 6.45) is 2.00. The average Bonchev–Trinajstić information content (AvgIpc) is 2.44. The lowest BCUT2D eigenvalue weighted by Crippen LogP contribution is -2.02. The molecule has 0 bridgehead atoms. The van der Waals surface area contributed by atoms with Gasteiger partial charge in [-0.15, -0.1) is 0 Å². The fraction of sp³-hybridized carbons (Fsp3) is 0.222. The number of hydrogen-bond acceptors (Lipinski definition) is 2. The van der Waals surface area contributed by atoms with E-state index in [4.69, 9.17) is 5.73 Å². The van der Waals surface area contributed by atoms with Crippen LogP contribution in [-0.2, 0) is 6.54 Å². The summed E-state index contributed by atoms with van der Waals surface area (Å²) in [5.41, 5.74) is 8.66. The van der Waals surface area contributed by atoms with Crippen molar-refractivity contribution in [2.24, 2.45) is 5.73 Å².